The first-order chi connectivity index (χ1) is 9.37. The van der Waals surface area contributed by atoms with Crippen molar-refractivity contribution < 1.29 is 4.39 Å². The van der Waals surface area contributed by atoms with Crippen LogP contribution in [0.3, 0.4) is 0 Å². The van der Waals surface area contributed by atoms with Gasteiger partial charge in [0.2, 0.25) is 0 Å². The Morgan fingerprint density at radius 3 is 2.80 bits per heavy atom. The quantitative estimate of drug-likeness (QED) is 0.918. The van der Waals surface area contributed by atoms with Crippen molar-refractivity contribution in [3.63, 3.8) is 0 Å². The third-order valence-electron chi connectivity index (χ3n) is 3.79. The van der Waals surface area contributed by atoms with Crippen LogP contribution in [0.2, 0.25) is 0 Å². The third-order valence-corrected chi connectivity index (χ3v) is 3.79. The van der Waals surface area contributed by atoms with E-state index in [2.05, 4.69) is 42.9 Å². The van der Waals surface area contributed by atoms with E-state index in [9.17, 15) is 4.39 Å². The Morgan fingerprint density at radius 1 is 1.40 bits per heavy atom. The van der Waals surface area contributed by atoms with Crippen LogP contribution in [0.4, 0.5) is 10.2 Å². The van der Waals surface area contributed by atoms with Gasteiger partial charge in [-0.3, -0.25) is 0 Å². The monoisotopic (exact) mass is 279 g/mol. The maximum absolute atomic E-state index is 13.5. The van der Waals surface area contributed by atoms with Gasteiger partial charge in [-0.05, 0) is 53.0 Å². The standard InChI is InChI=1S/C16H26FN3/c1-12-7-5-6-8-20(12)15-13(9-14(17)11-18-15)10-19-16(2,3)4/h9,11-12,19H,5-8,10H2,1-4H3. The molecule has 1 aliphatic rings. The van der Waals surface area contributed by atoms with Crippen molar-refractivity contribution in [2.45, 2.75) is 65.1 Å². The summed E-state index contributed by atoms with van der Waals surface area (Å²) in [5.41, 5.74) is 0.963. The third kappa shape index (κ3) is 3.92. The van der Waals surface area contributed by atoms with E-state index in [1.807, 2.05) is 0 Å². The number of hydrogen-bond donors (Lipinski definition) is 1. The molecule has 1 N–H and O–H groups in total. The fourth-order valence-corrected chi connectivity index (χ4v) is 2.64. The van der Waals surface area contributed by atoms with Crippen LogP contribution >= 0.6 is 0 Å². The molecule has 1 aromatic rings. The van der Waals surface area contributed by atoms with E-state index in [1.165, 1.54) is 25.5 Å². The predicted octanol–water partition coefficient (Wildman–Crippen LogP) is 3.49. The molecule has 4 heteroatoms. The molecule has 0 radical (unpaired) electrons. The number of nitrogens with one attached hydrogen (secondary N) is 1. The fraction of sp³-hybridized carbons (Fsp3) is 0.688. The van der Waals surface area contributed by atoms with Crippen molar-refractivity contribution in [2.24, 2.45) is 0 Å². The second kappa shape index (κ2) is 6.08. The van der Waals surface area contributed by atoms with Crippen LogP contribution in [-0.4, -0.2) is 23.1 Å². The molecule has 112 valence electrons. The lowest BCUT2D eigenvalue weighted by Gasteiger charge is -2.36. The molecular weight excluding hydrogens is 253 g/mol. The van der Waals surface area contributed by atoms with Gasteiger partial charge in [0, 0.05) is 30.2 Å². The van der Waals surface area contributed by atoms with Gasteiger partial charge in [-0.2, -0.15) is 0 Å². The Labute approximate surface area is 121 Å². The zero-order valence-corrected chi connectivity index (χ0v) is 13.0. The maximum atomic E-state index is 13.5. The smallest absolute Gasteiger partial charge is 0.141 e. The van der Waals surface area contributed by atoms with Gasteiger partial charge in [-0.1, -0.05) is 0 Å². The molecule has 1 unspecified atom stereocenters. The van der Waals surface area contributed by atoms with Crippen LogP contribution in [0.1, 0.15) is 52.5 Å². The summed E-state index contributed by atoms with van der Waals surface area (Å²) in [4.78, 5) is 6.69. The molecule has 20 heavy (non-hydrogen) atoms. The molecule has 0 amide bonds. The van der Waals surface area contributed by atoms with E-state index in [1.54, 1.807) is 6.07 Å². The number of nitrogens with zero attached hydrogens (tertiary/aromatic N) is 2. The summed E-state index contributed by atoms with van der Waals surface area (Å²) >= 11 is 0. The molecule has 1 atom stereocenters. The topological polar surface area (TPSA) is 28.2 Å². The zero-order chi connectivity index (χ0) is 14.8. The van der Waals surface area contributed by atoms with E-state index in [-0.39, 0.29) is 11.4 Å². The van der Waals surface area contributed by atoms with Crippen LogP contribution in [0, 0.1) is 5.82 Å². The fourth-order valence-electron chi connectivity index (χ4n) is 2.64. The number of rotatable bonds is 3. The van der Waals surface area contributed by atoms with E-state index < -0.39 is 0 Å². The normalized spacial score (nSPS) is 20.2. The molecule has 2 heterocycles. The number of anilines is 1. The average molecular weight is 279 g/mol. The van der Waals surface area contributed by atoms with Crippen molar-refractivity contribution in [3.8, 4) is 0 Å². The van der Waals surface area contributed by atoms with E-state index in [4.69, 9.17) is 0 Å². The highest BCUT2D eigenvalue weighted by atomic mass is 19.1. The maximum Gasteiger partial charge on any atom is 0.141 e. The Balaban J connectivity index is 2.23. The van der Waals surface area contributed by atoms with Crippen LogP contribution in [0.5, 0.6) is 0 Å². The Hall–Kier alpha value is -1.16. The molecule has 0 saturated carbocycles. The van der Waals surface area contributed by atoms with Gasteiger partial charge in [0.05, 0.1) is 6.20 Å². The molecule has 0 aliphatic carbocycles. The van der Waals surface area contributed by atoms with Gasteiger partial charge >= 0.3 is 0 Å². The van der Waals surface area contributed by atoms with Crippen LogP contribution in [0.15, 0.2) is 12.3 Å². The molecular formula is C16H26FN3. The van der Waals surface area contributed by atoms with E-state index >= 15 is 0 Å². The molecule has 3 nitrogen and oxygen atoms in total. The minimum Gasteiger partial charge on any atom is -0.354 e. The number of hydrogen-bond acceptors (Lipinski definition) is 3. The lowest BCUT2D eigenvalue weighted by molar-refractivity contribution is 0.421. The summed E-state index contributed by atoms with van der Waals surface area (Å²) in [7, 11) is 0. The summed E-state index contributed by atoms with van der Waals surface area (Å²) in [5, 5.41) is 3.43. The molecule has 0 bridgehead atoms. The van der Waals surface area contributed by atoms with Crippen LogP contribution in [0.25, 0.3) is 0 Å². The Bertz CT molecular complexity index is 454. The summed E-state index contributed by atoms with van der Waals surface area (Å²) in [6.45, 7) is 10.2. The number of piperidine rings is 1. The summed E-state index contributed by atoms with van der Waals surface area (Å²) in [5.74, 6) is 0.680. The largest absolute Gasteiger partial charge is 0.354 e. The molecule has 0 aromatic carbocycles. The second-order valence-electron chi connectivity index (χ2n) is 6.78. The highest BCUT2D eigenvalue weighted by Crippen LogP contribution is 2.26. The summed E-state index contributed by atoms with van der Waals surface area (Å²) < 4.78 is 13.5. The molecule has 2 rings (SSSR count). The van der Waals surface area contributed by atoms with Gasteiger partial charge in [0.1, 0.15) is 11.6 Å². The first kappa shape index (κ1) is 15.2. The second-order valence-corrected chi connectivity index (χ2v) is 6.78. The zero-order valence-electron chi connectivity index (χ0n) is 13.0. The Kier molecular flexibility index (Phi) is 4.63. The van der Waals surface area contributed by atoms with Gasteiger partial charge in [-0.25, -0.2) is 9.37 Å². The van der Waals surface area contributed by atoms with E-state index in [0.717, 1.165) is 17.9 Å². The molecule has 1 aliphatic heterocycles. The van der Waals surface area contributed by atoms with Crippen LogP contribution in [-0.2, 0) is 6.54 Å². The first-order valence-electron chi connectivity index (χ1n) is 7.53. The van der Waals surface area contributed by atoms with Gasteiger partial charge in [0.15, 0.2) is 0 Å². The van der Waals surface area contributed by atoms with E-state index in [0.29, 0.717) is 12.6 Å². The SMILES string of the molecule is CC1CCCCN1c1ncc(F)cc1CNC(C)(C)C. The number of pyridine rings is 1. The van der Waals surface area contributed by atoms with Crippen molar-refractivity contribution >= 4 is 5.82 Å². The first-order valence-corrected chi connectivity index (χ1v) is 7.53. The molecule has 1 fully saturated rings. The summed E-state index contributed by atoms with van der Waals surface area (Å²) in [6.07, 6.45) is 4.98. The van der Waals surface area contributed by atoms with Gasteiger partial charge in [-0.15, -0.1) is 0 Å². The minimum atomic E-state index is -0.260. The number of halogens is 1. The summed E-state index contributed by atoms with van der Waals surface area (Å²) in [6, 6.07) is 2.10. The van der Waals surface area contributed by atoms with Crippen molar-refractivity contribution in [3.05, 3.63) is 23.6 Å². The van der Waals surface area contributed by atoms with Crippen LogP contribution < -0.4 is 10.2 Å². The molecule has 1 saturated heterocycles. The minimum absolute atomic E-state index is 0.0110. The lowest BCUT2D eigenvalue weighted by Crippen LogP contribution is -2.40. The van der Waals surface area contributed by atoms with Crippen molar-refractivity contribution in [1.29, 1.82) is 0 Å². The molecule has 1 aromatic heterocycles. The van der Waals surface area contributed by atoms with Gasteiger partial charge < -0.3 is 10.2 Å². The average Bonchev–Trinajstić information content (AvgIpc) is 2.37. The lowest BCUT2D eigenvalue weighted by atomic mass is 10.0. The predicted molar refractivity (Wildman–Crippen MR) is 81.4 cm³/mol. The highest BCUT2D eigenvalue weighted by Gasteiger charge is 2.22. The van der Waals surface area contributed by atoms with Gasteiger partial charge in [0.25, 0.3) is 0 Å². The van der Waals surface area contributed by atoms with Crippen molar-refractivity contribution in [2.75, 3.05) is 11.4 Å². The Morgan fingerprint density at radius 2 is 2.15 bits per heavy atom. The van der Waals surface area contributed by atoms with Crippen molar-refractivity contribution in [1.82, 2.24) is 10.3 Å². The number of aromatic nitrogens is 1. The highest BCUT2D eigenvalue weighted by molar-refractivity contribution is 5.48. The molecule has 0 spiro atoms.